The number of nitrogens with zero attached hydrogens (tertiary/aromatic N) is 3. The molecule has 1 aliphatic rings. The van der Waals surface area contributed by atoms with Gasteiger partial charge in [-0.3, -0.25) is 0 Å². The van der Waals surface area contributed by atoms with E-state index in [0.717, 1.165) is 24.9 Å². The minimum Gasteiger partial charge on any atom is -0.477 e. The number of fused-ring (bicyclic) bond motifs is 1. The van der Waals surface area contributed by atoms with Crippen LogP contribution in [0.3, 0.4) is 0 Å². The summed E-state index contributed by atoms with van der Waals surface area (Å²) in [7, 11) is 0. The molecule has 3 aromatic rings. The SMILES string of the molecule is CCN(c1nc2[nH]c(C(=O)O)cc2nc1-c1ccc(F)cc1)C1CCCCC1. The summed E-state index contributed by atoms with van der Waals surface area (Å²) in [5, 5.41) is 9.29. The molecule has 0 bridgehead atoms. The molecule has 0 radical (unpaired) electrons. The molecule has 4 rings (SSSR count). The molecule has 0 amide bonds. The minimum atomic E-state index is -1.05. The van der Waals surface area contributed by atoms with Gasteiger partial charge in [-0.25, -0.2) is 19.2 Å². The summed E-state index contributed by atoms with van der Waals surface area (Å²) in [6.07, 6.45) is 5.83. The van der Waals surface area contributed by atoms with Gasteiger partial charge >= 0.3 is 5.97 Å². The van der Waals surface area contributed by atoms with Crippen LogP contribution in [0.4, 0.5) is 10.2 Å². The normalized spacial score (nSPS) is 15.1. The first-order chi connectivity index (χ1) is 13.6. The number of carboxylic acid groups (broad SMARTS) is 1. The van der Waals surface area contributed by atoms with Crippen molar-refractivity contribution in [1.82, 2.24) is 15.0 Å². The molecule has 28 heavy (non-hydrogen) atoms. The van der Waals surface area contributed by atoms with Crippen molar-refractivity contribution in [2.75, 3.05) is 11.4 Å². The molecule has 7 heteroatoms. The summed E-state index contributed by atoms with van der Waals surface area (Å²) in [5.74, 6) is -0.648. The minimum absolute atomic E-state index is 0.0536. The van der Waals surface area contributed by atoms with Gasteiger partial charge in [0.05, 0.1) is 0 Å². The molecule has 0 saturated heterocycles. The zero-order valence-corrected chi connectivity index (χ0v) is 15.8. The Balaban J connectivity index is 1.88. The third kappa shape index (κ3) is 3.44. The fourth-order valence-corrected chi connectivity index (χ4v) is 4.02. The second-order valence-electron chi connectivity index (χ2n) is 7.20. The quantitative estimate of drug-likeness (QED) is 0.673. The lowest BCUT2D eigenvalue weighted by Crippen LogP contribution is -2.37. The smallest absolute Gasteiger partial charge is 0.352 e. The molecule has 0 atom stereocenters. The second-order valence-corrected chi connectivity index (χ2v) is 7.20. The van der Waals surface area contributed by atoms with Crippen molar-refractivity contribution in [1.29, 1.82) is 0 Å². The van der Waals surface area contributed by atoms with E-state index < -0.39 is 5.97 Å². The van der Waals surface area contributed by atoms with Crippen LogP contribution in [-0.4, -0.2) is 38.6 Å². The molecular weight excluding hydrogens is 359 g/mol. The van der Waals surface area contributed by atoms with E-state index >= 15 is 0 Å². The largest absolute Gasteiger partial charge is 0.477 e. The van der Waals surface area contributed by atoms with Gasteiger partial charge in [-0.2, -0.15) is 0 Å². The standard InChI is InChI=1S/C21H23FN4O2/c1-2-26(15-6-4-3-5-7-15)20-18(13-8-10-14(22)11-9-13)23-16-12-17(21(27)28)24-19(16)25-20/h8-12,15H,2-7H2,1H3,(H,24,25)(H,27,28). The Labute approximate surface area is 162 Å². The number of aromatic amines is 1. The maximum atomic E-state index is 13.4. The number of H-pyrrole nitrogens is 1. The van der Waals surface area contributed by atoms with Gasteiger partial charge in [-0.05, 0) is 50.1 Å². The summed E-state index contributed by atoms with van der Waals surface area (Å²) < 4.78 is 13.4. The summed E-state index contributed by atoms with van der Waals surface area (Å²) in [6, 6.07) is 8.04. The van der Waals surface area contributed by atoms with E-state index in [2.05, 4.69) is 16.8 Å². The van der Waals surface area contributed by atoms with Crippen LogP contribution < -0.4 is 4.90 Å². The van der Waals surface area contributed by atoms with E-state index in [1.54, 1.807) is 12.1 Å². The van der Waals surface area contributed by atoms with Crippen molar-refractivity contribution in [3.05, 3.63) is 41.8 Å². The van der Waals surface area contributed by atoms with E-state index in [1.807, 2.05) is 0 Å². The maximum absolute atomic E-state index is 13.4. The van der Waals surface area contributed by atoms with Crippen LogP contribution in [0.2, 0.25) is 0 Å². The predicted molar refractivity (Wildman–Crippen MR) is 106 cm³/mol. The molecule has 2 N–H and O–H groups in total. The van der Waals surface area contributed by atoms with E-state index in [1.165, 1.54) is 37.5 Å². The number of nitrogens with one attached hydrogen (secondary N) is 1. The Bertz CT molecular complexity index is 994. The highest BCUT2D eigenvalue weighted by atomic mass is 19.1. The molecular formula is C21H23FN4O2. The van der Waals surface area contributed by atoms with Crippen LogP contribution in [0.15, 0.2) is 30.3 Å². The molecule has 2 heterocycles. The Hall–Kier alpha value is -2.96. The van der Waals surface area contributed by atoms with Crippen LogP contribution >= 0.6 is 0 Å². The highest BCUT2D eigenvalue weighted by molar-refractivity contribution is 5.92. The third-order valence-corrected chi connectivity index (χ3v) is 5.41. The van der Waals surface area contributed by atoms with Gasteiger partial charge < -0.3 is 15.0 Å². The molecule has 1 aliphatic carbocycles. The van der Waals surface area contributed by atoms with Crippen LogP contribution in [0.5, 0.6) is 0 Å². The molecule has 2 aromatic heterocycles. The number of halogens is 1. The van der Waals surface area contributed by atoms with Crippen molar-refractivity contribution in [2.45, 2.75) is 45.1 Å². The number of aromatic nitrogens is 3. The average molecular weight is 382 g/mol. The zero-order valence-electron chi connectivity index (χ0n) is 15.8. The summed E-state index contributed by atoms with van der Waals surface area (Å²) in [4.78, 5) is 25.9. The van der Waals surface area contributed by atoms with E-state index in [0.29, 0.717) is 28.7 Å². The molecule has 0 spiro atoms. The number of benzene rings is 1. The van der Waals surface area contributed by atoms with Crippen LogP contribution in [-0.2, 0) is 0 Å². The number of rotatable bonds is 5. The lowest BCUT2D eigenvalue weighted by molar-refractivity contribution is 0.0691. The number of hydrogen-bond acceptors (Lipinski definition) is 4. The lowest BCUT2D eigenvalue weighted by atomic mass is 9.94. The van der Waals surface area contributed by atoms with Gasteiger partial charge in [0.2, 0.25) is 0 Å². The third-order valence-electron chi connectivity index (χ3n) is 5.41. The van der Waals surface area contributed by atoms with Crippen molar-refractivity contribution in [3.8, 4) is 11.3 Å². The number of carbonyl (C=O) groups is 1. The van der Waals surface area contributed by atoms with Crippen molar-refractivity contribution < 1.29 is 14.3 Å². The monoisotopic (exact) mass is 382 g/mol. The fraction of sp³-hybridized carbons (Fsp3) is 0.381. The lowest BCUT2D eigenvalue weighted by Gasteiger charge is -2.35. The average Bonchev–Trinajstić information content (AvgIpc) is 3.13. The topological polar surface area (TPSA) is 82.1 Å². The van der Waals surface area contributed by atoms with Crippen molar-refractivity contribution in [2.24, 2.45) is 0 Å². The van der Waals surface area contributed by atoms with Crippen LogP contribution in [0, 0.1) is 5.82 Å². The van der Waals surface area contributed by atoms with E-state index in [9.17, 15) is 14.3 Å². The highest BCUT2D eigenvalue weighted by Crippen LogP contribution is 2.34. The van der Waals surface area contributed by atoms with E-state index in [4.69, 9.17) is 9.97 Å². The zero-order chi connectivity index (χ0) is 19.7. The Morgan fingerprint density at radius 1 is 1.21 bits per heavy atom. The molecule has 0 unspecified atom stereocenters. The Morgan fingerprint density at radius 2 is 1.93 bits per heavy atom. The van der Waals surface area contributed by atoms with Crippen molar-refractivity contribution >= 4 is 23.0 Å². The Morgan fingerprint density at radius 3 is 2.57 bits per heavy atom. The van der Waals surface area contributed by atoms with Gasteiger partial charge in [0.15, 0.2) is 11.5 Å². The molecule has 1 fully saturated rings. The summed E-state index contributed by atoms with van der Waals surface area (Å²) in [6.45, 7) is 2.86. The number of carboxylic acids is 1. The van der Waals surface area contributed by atoms with E-state index in [-0.39, 0.29) is 11.5 Å². The van der Waals surface area contributed by atoms with Gasteiger partial charge in [0.25, 0.3) is 0 Å². The first kappa shape index (κ1) is 18.4. The number of anilines is 1. The first-order valence-electron chi connectivity index (χ1n) is 9.73. The maximum Gasteiger partial charge on any atom is 0.352 e. The second kappa shape index (κ2) is 7.58. The molecule has 0 aliphatic heterocycles. The van der Waals surface area contributed by atoms with Gasteiger partial charge in [-0.15, -0.1) is 0 Å². The van der Waals surface area contributed by atoms with Gasteiger partial charge in [0.1, 0.15) is 22.7 Å². The van der Waals surface area contributed by atoms with Crippen LogP contribution in [0.1, 0.15) is 49.5 Å². The summed E-state index contributed by atoms with van der Waals surface area (Å²) in [5.41, 5.74) is 2.40. The van der Waals surface area contributed by atoms with Crippen molar-refractivity contribution in [3.63, 3.8) is 0 Å². The predicted octanol–water partition coefficient (Wildman–Crippen LogP) is 4.62. The molecule has 1 aromatic carbocycles. The van der Waals surface area contributed by atoms with Gasteiger partial charge in [0, 0.05) is 18.2 Å². The Kier molecular flexibility index (Phi) is 4.98. The van der Waals surface area contributed by atoms with Gasteiger partial charge in [-0.1, -0.05) is 19.3 Å². The fourth-order valence-electron chi connectivity index (χ4n) is 4.02. The molecule has 6 nitrogen and oxygen atoms in total. The molecule has 146 valence electrons. The summed E-state index contributed by atoms with van der Waals surface area (Å²) >= 11 is 0. The van der Waals surface area contributed by atoms with Crippen LogP contribution in [0.25, 0.3) is 22.4 Å². The molecule has 1 saturated carbocycles. The number of aromatic carboxylic acids is 1. The number of hydrogen-bond donors (Lipinski definition) is 2. The highest BCUT2D eigenvalue weighted by Gasteiger charge is 2.25. The first-order valence-corrected chi connectivity index (χ1v) is 9.73.